The molecule has 0 saturated carbocycles. The van der Waals surface area contributed by atoms with Gasteiger partial charge in [-0.2, -0.15) is 0 Å². The van der Waals surface area contributed by atoms with Crippen LogP contribution >= 0.6 is 0 Å². The lowest BCUT2D eigenvalue weighted by Gasteiger charge is -2.16. The van der Waals surface area contributed by atoms with E-state index in [2.05, 4.69) is 19.1 Å². The lowest BCUT2D eigenvalue weighted by atomic mass is 10.1. The van der Waals surface area contributed by atoms with Crippen LogP contribution in [-0.2, 0) is 28.8 Å². The number of carbonyl (C=O) groups excluding carboxylic acids is 1. The summed E-state index contributed by atoms with van der Waals surface area (Å²) in [6, 6.07) is 16.1. The number of fused-ring (bicyclic) bond motifs is 1. The van der Waals surface area contributed by atoms with Gasteiger partial charge in [0.25, 0.3) is 0 Å². The maximum absolute atomic E-state index is 12.2. The lowest BCUT2D eigenvalue weighted by Crippen LogP contribution is -2.34. The van der Waals surface area contributed by atoms with Crippen LogP contribution < -0.4 is 0 Å². The second-order valence-corrected chi connectivity index (χ2v) is 8.05. The summed E-state index contributed by atoms with van der Waals surface area (Å²) in [7, 11) is 0. The molecule has 2 aliphatic rings. The Balaban J connectivity index is 1.19. The molecule has 0 aliphatic carbocycles. The van der Waals surface area contributed by atoms with Crippen molar-refractivity contribution in [1.82, 2.24) is 0 Å². The third-order valence-corrected chi connectivity index (χ3v) is 5.46. The molecule has 4 atom stereocenters. The molecule has 6 nitrogen and oxygen atoms in total. The third-order valence-electron chi connectivity index (χ3n) is 5.46. The van der Waals surface area contributed by atoms with E-state index >= 15 is 0 Å². The van der Waals surface area contributed by atoms with Crippen LogP contribution in [0.4, 0.5) is 0 Å². The molecule has 0 unspecified atom stereocenters. The number of aryl methyl sites for hydroxylation is 2. The minimum absolute atomic E-state index is 0.270. The highest BCUT2D eigenvalue weighted by Gasteiger charge is 2.50. The highest BCUT2D eigenvalue weighted by atomic mass is 17.2. The van der Waals surface area contributed by atoms with Gasteiger partial charge in [0.15, 0.2) is 6.10 Å². The first-order chi connectivity index (χ1) is 15.6. The van der Waals surface area contributed by atoms with Gasteiger partial charge in [0.05, 0.1) is 13.2 Å². The Kier molecular flexibility index (Phi) is 7.50. The summed E-state index contributed by atoms with van der Waals surface area (Å²) in [6.07, 6.45) is 5.50. The number of carbonyl (C=O) groups is 1. The molecule has 6 heteroatoms. The van der Waals surface area contributed by atoms with Crippen molar-refractivity contribution in [3.63, 3.8) is 0 Å². The summed E-state index contributed by atoms with van der Waals surface area (Å²) in [5, 5.41) is 0. The number of hydrogen-bond acceptors (Lipinski definition) is 6. The molecule has 0 spiro atoms. The van der Waals surface area contributed by atoms with Crippen molar-refractivity contribution in [2.45, 2.75) is 38.3 Å². The molecule has 2 fully saturated rings. The van der Waals surface area contributed by atoms with E-state index in [4.69, 9.17) is 24.0 Å². The lowest BCUT2D eigenvalue weighted by molar-refractivity contribution is -0.326. The quantitative estimate of drug-likeness (QED) is 0.205. The minimum Gasteiger partial charge on any atom is -0.454 e. The molecule has 0 aromatic heterocycles. The van der Waals surface area contributed by atoms with Crippen LogP contribution in [0.3, 0.4) is 0 Å². The fourth-order valence-electron chi connectivity index (χ4n) is 3.67. The molecule has 4 rings (SSSR count). The van der Waals surface area contributed by atoms with Crippen LogP contribution in [0.1, 0.15) is 22.3 Å². The maximum atomic E-state index is 12.2. The Labute approximate surface area is 188 Å². The largest absolute Gasteiger partial charge is 0.454 e. The van der Waals surface area contributed by atoms with Gasteiger partial charge in [0, 0.05) is 6.08 Å². The highest BCUT2D eigenvalue weighted by molar-refractivity contribution is 5.87. The summed E-state index contributed by atoms with van der Waals surface area (Å²) in [5.74, 6) is -0.426. The molecule has 2 saturated heterocycles. The second kappa shape index (κ2) is 10.7. The van der Waals surface area contributed by atoms with E-state index < -0.39 is 12.1 Å². The average molecular weight is 437 g/mol. The Hall–Kier alpha value is -2.77. The summed E-state index contributed by atoms with van der Waals surface area (Å²) < 4.78 is 17.1. The number of benzene rings is 2. The van der Waals surface area contributed by atoms with Crippen LogP contribution in [0.2, 0.25) is 0 Å². The number of hydrogen-bond donors (Lipinski definition) is 0. The molecule has 0 radical (unpaired) electrons. The predicted octanol–water partition coefficient (Wildman–Crippen LogP) is 4.06. The predicted molar refractivity (Wildman–Crippen MR) is 121 cm³/mol. The normalized spacial score (nSPS) is 24.9. The van der Waals surface area contributed by atoms with Gasteiger partial charge in [-0.1, -0.05) is 71.8 Å². The fraction of sp³-hybridized carbons (Fsp3) is 0.346. The summed E-state index contributed by atoms with van der Waals surface area (Å²) >= 11 is 0. The van der Waals surface area contributed by atoms with Crippen molar-refractivity contribution in [3.8, 4) is 0 Å². The maximum Gasteiger partial charge on any atom is 0.331 e. The first kappa shape index (κ1) is 22.4. The van der Waals surface area contributed by atoms with Gasteiger partial charge in [-0.05, 0) is 31.1 Å². The molecule has 2 aliphatic heterocycles. The van der Waals surface area contributed by atoms with Crippen molar-refractivity contribution in [1.29, 1.82) is 0 Å². The number of ether oxygens (including phenoxy) is 3. The van der Waals surface area contributed by atoms with Gasteiger partial charge in [-0.15, -0.1) is 0 Å². The smallest absolute Gasteiger partial charge is 0.331 e. The van der Waals surface area contributed by atoms with Crippen molar-refractivity contribution in [3.05, 3.63) is 82.9 Å². The Morgan fingerprint density at radius 2 is 1.44 bits per heavy atom. The molecule has 0 amide bonds. The van der Waals surface area contributed by atoms with Gasteiger partial charge < -0.3 is 14.2 Å². The summed E-state index contributed by atoms with van der Waals surface area (Å²) in [6.45, 7) is 4.98. The fourth-order valence-corrected chi connectivity index (χ4v) is 3.67. The first-order valence-corrected chi connectivity index (χ1v) is 10.8. The van der Waals surface area contributed by atoms with Gasteiger partial charge in [-0.3, -0.25) is 0 Å². The zero-order chi connectivity index (χ0) is 22.3. The van der Waals surface area contributed by atoms with Gasteiger partial charge in [0.2, 0.25) is 0 Å². The SMILES string of the molecule is Cc1ccc(/C=C\C(=O)O[C@@H]2CO[C@H]3[C@@H]2OC[C@H]3OOC/C=C/c2ccc(C)cc2)cc1. The van der Waals surface area contributed by atoms with E-state index in [1.165, 1.54) is 17.2 Å². The van der Waals surface area contributed by atoms with Crippen molar-refractivity contribution >= 4 is 18.1 Å². The third kappa shape index (κ3) is 5.93. The topological polar surface area (TPSA) is 63.2 Å². The van der Waals surface area contributed by atoms with E-state index in [9.17, 15) is 4.79 Å². The molecule has 168 valence electrons. The summed E-state index contributed by atoms with van der Waals surface area (Å²) in [4.78, 5) is 23.0. The van der Waals surface area contributed by atoms with Gasteiger partial charge in [0.1, 0.15) is 24.9 Å². The van der Waals surface area contributed by atoms with Crippen molar-refractivity contribution < 1.29 is 28.8 Å². The van der Waals surface area contributed by atoms with Gasteiger partial charge >= 0.3 is 5.97 Å². The molecule has 0 bridgehead atoms. The zero-order valence-electron chi connectivity index (χ0n) is 18.3. The van der Waals surface area contributed by atoms with Crippen molar-refractivity contribution in [2.24, 2.45) is 0 Å². The second-order valence-electron chi connectivity index (χ2n) is 8.05. The Morgan fingerprint density at radius 3 is 2.09 bits per heavy atom. The highest BCUT2D eigenvalue weighted by Crippen LogP contribution is 2.30. The van der Waals surface area contributed by atoms with Crippen LogP contribution in [0, 0.1) is 13.8 Å². The van der Waals surface area contributed by atoms with Crippen LogP contribution in [0.15, 0.2) is 60.7 Å². The van der Waals surface area contributed by atoms with E-state index in [-0.39, 0.29) is 24.9 Å². The molecule has 2 heterocycles. The van der Waals surface area contributed by atoms with Crippen LogP contribution in [-0.4, -0.2) is 50.2 Å². The van der Waals surface area contributed by atoms with E-state index in [1.54, 1.807) is 6.08 Å². The molecular formula is C26H28O6. The Morgan fingerprint density at radius 1 is 0.875 bits per heavy atom. The number of rotatable bonds is 8. The molecule has 32 heavy (non-hydrogen) atoms. The van der Waals surface area contributed by atoms with Crippen LogP contribution in [0.5, 0.6) is 0 Å². The van der Waals surface area contributed by atoms with Crippen LogP contribution in [0.25, 0.3) is 12.2 Å². The molecule has 0 N–H and O–H groups in total. The molecule has 2 aromatic carbocycles. The molecular weight excluding hydrogens is 408 g/mol. The number of esters is 1. The van der Waals surface area contributed by atoms with Crippen molar-refractivity contribution in [2.75, 3.05) is 19.8 Å². The van der Waals surface area contributed by atoms with E-state index in [0.29, 0.717) is 13.2 Å². The van der Waals surface area contributed by atoms with Gasteiger partial charge in [-0.25, -0.2) is 14.6 Å². The Bertz CT molecular complexity index is 947. The molecule has 2 aromatic rings. The average Bonchev–Trinajstić information content (AvgIpc) is 3.38. The van der Waals surface area contributed by atoms with E-state index in [1.807, 2.05) is 55.5 Å². The standard InChI is InChI=1S/C26H28O6/c1-18-5-9-20(10-6-18)4-3-15-30-32-23-17-29-25-22(16-28-26(23)25)31-24(27)14-13-21-11-7-19(2)8-12-21/h3-14,22-23,25-26H,15-17H2,1-2H3/b4-3+,14-13-/t22-,23-,25-,26-/m1/s1. The summed E-state index contributed by atoms with van der Waals surface area (Å²) in [5.41, 5.74) is 4.43. The van der Waals surface area contributed by atoms with E-state index in [0.717, 1.165) is 11.1 Å². The first-order valence-electron chi connectivity index (χ1n) is 10.8. The monoisotopic (exact) mass is 436 g/mol. The minimum atomic E-state index is -0.467. The zero-order valence-corrected chi connectivity index (χ0v) is 18.3.